The van der Waals surface area contributed by atoms with Crippen molar-refractivity contribution in [3.05, 3.63) is 59.7 Å². The molecule has 0 unspecified atom stereocenters. The highest BCUT2D eigenvalue weighted by molar-refractivity contribution is 5.96. The smallest absolute Gasteiger partial charge is 0.255 e. The van der Waals surface area contributed by atoms with Crippen LogP contribution < -0.4 is 15.4 Å². The molecule has 2 rings (SSSR count). The van der Waals surface area contributed by atoms with Gasteiger partial charge < -0.3 is 15.4 Å². The standard InChI is InChI=1S/C20H24N2O3/c1-4-25-18-8-6-5-7-17(18)20(24)21-13-15-9-11-16(12-10-15)22-19(23)14(2)3/h5-12,14H,4,13H2,1-3H3,(H,21,24)(H,22,23). The second-order valence-electron chi connectivity index (χ2n) is 5.95. The third kappa shape index (κ3) is 5.35. The van der Waals surface area contributed by atoms with E-state index >= 15 is 0 Å². The van der Waals surface area contributed by atoms with Gasteiger partial charge in [-0.3, -0.25) is 9.59 Å². The van der Waals surface area contributed by atoms with Crippen LogP contribution in [-0.2, 0) is 11.3 Å². The van der Waals surface area contributed by atoms with E-state index in [0.29, 0.717) is 24.5 Å². The predicted octanol–water partition coefficient (Wildman–Crippen LogP) is 3.61. The second-order valence-corrected chi connectivity index (χ2v) is 5.95. The lowest BCUT2D eigenvalue weighted by atomic mass is 10.1. The van der Waals surface area contributed by atoms with Gasteiger partial charge in [-0.25, -0.2) is 0 Å². The molecule has 5 nitrogen and oxygen atoms in total. The SMILES string of the molecule is CCOc1ccccc1C(=O)NCc1ccc(NC(=O)C(C)C)cc1. The van der Waals surface area contributed by atoms with Crippen LogP contribution in [0.4, 0.5) is 5.69 Å². The van der Waals surface area contributed by atoms with Gasteiger partial charge in [-0.05, 0) is 36.8 Å². The van der Waals surface area contributed by atoms with Crippen LogP contribution in [0.5, 0.6) is 5.75 Å². The van der Waals surface area contributed by atoms with Crippen molar-refractivity contribution >= 4 is 17.5 Å². The highest BCUT2D eigenvalue weighted by Gasteiger charge is 2.11. The fraction of sp³-hybridized carbons (Fsp3) is 0.300. The predicted molar refractivity (Wildman–Crippen MR) is 98.7 cm³/mol. The second kappa shape index (κ2) is 8.87. The highest BCUT2D eigenvalue weighted by atomic mass is 16.5. The quantitative estimate of drug-likeness (QED) is 0.809. The maximum Gasteiger partial charge on any atom is 0.255 e. The maximum atomic E-state index is 12.4. The van der Waals surface area contributed by atoms with Crippen LogP contribution in [0, 0.1) is 5.92 Å². The molecular weight excluding hydrogens is 316 g/mol. The van der Waals surface area contributed by atoms with Crippen LogP contribution in [0.15, 0.2) is 48.5 Å². The molecule has 0 saturated carbocycles. The van der Waals surface area contributed by atoms with E-state index in [0.717, 1.165) is 11.3 Å². The zero-order valence-corrected chi connectivity index (χ0v) is 14.8. The van der Waals surface area contributed by atoms with Crippen molar-refractivity contribution in [3.8, 4) is 5.75 Å². The molecule has 0 spiro atoms. The van der Waals surface area contributed by atoms with Gasteiger partial charge in [-0.1, -0.05) is 38.1 Å². The fourth-order valence-electron chi connectivity index (χ4n) is 2.21. The third-order valence-electron chi connectivity index (χ3n) is 3.63. The first-order valence-corrected chi connectivity index (χ1v) is 8.41. The number of para-hydroxylation sites is 1. The first kappa shape index (κ1) is 18.5. The van der Waals surface area contributed by atoms with E-state index < -0.39 is 0 Å². The summed E-state index contributed by atoms with van der Waals surface area (Å²) >= 11 is 0. The number of hydrogen-bond acceptors (Lipinski definition) is 3. The molecule has 0 fully saturated rings. The van der Waals surface area contributed by atoms with Crippen LogP contribution in [0.3, 0.4) is 0 Å². The Hall–Kier alpha value is -2.82. The van der Waals surface area contributed by atoms with Gasteiger partial charge in [0.25, 0.3) is 5.91 Å². The molecule has 0 aliphatic carbocycles. The summed E-state index contributed by atoms with van der Waals surface area (Å²) in [7, 11) is 0. The molecule has 0 heterocycles. The van der Waals surface area contributed by atoms with E-state index in [4.69, 9.17) is 4.74 Å². The number of ether oxygens (including phenoxy) is 1. The summed E-state index contributed by atoms with van der Waals surface area (Å²) in [5, 5.41) is 5.72. The Morgan fingerprint density at radius 1 is 1.04 bits per heavy atom. The minimum absolute atomic E-state index is 0.0198. The van der Waals surface area contributed by atoms with Crippen molar-refractivity contribution < 1.29 is 14.3 Å². The number of hydrogen-bond donors (Lipinski definition) is 2. The molecular formula is C20H24N2O3. The van der Waals surface area contributed by atoms with Crippen LogP contribution in [0.25, 0.3) is 0 Å². The van der Waals surface area contributed by atoms with Gasteiger partial charge in [0.05, 0.1) is 12.2 Å². The molecule has 0 saturated heterocycles. The van der Waals surface area contributed by atoms with Crippen LogP contribution in [0.1, 0.15) is 36.7 Å². The lowest BCUT2D eigenvalue weighted by Crippen LogP contribution is -2.23. The zero-order chi connectivity index (χ0) is 18.2. The number of amides is 2. The molecule has 0 aromatic heterocycles. The number of anilines is 1. The van der Waals surface area contributed by atoms with Gasteiger partial charge in [0.15, 0.2) is 0 Å². The Morgan fingerprint density at radius 2 is 1.72 bits per heavy atom. The number of rotatable bonds is 7. The van der Waals surface area contributed by atoms with E-state index in [9.17, 15) is 9.59 Å². The van der Waals surface area contributed by atoms with Crippen molar-refractivity contribution in [1.82, 2.24) is 5.32 Å². The zero-order valence-electron chi connectivity index (χ0n) is 14.8. The molecule has 0 atom stereocenters. The normalized spacial score (nSPS) is 10.4. The lowest BCUT2D eigenvalue weighted by Gasteiger charge is -2.11. The van der Waals surface area contributed by atoms with Gasteiger partial charge in [0, 0.05) is 18.2 Å². The first-order chi connectivity index (χ1) is 12.0. The average Bonchev–Trinajstić information content (AvgIpc) is 2.61. The summed E-state index contributed by atoms with van der Waals surface area (Å²) in [6.07, 6.45) is 0. The third-order valence-corrected chi connectivity index (χ3v) is 3.63. The summed E-state index contributed by atoms with van der Waals surface area (Å²) in [4.78, 5) is 24.0. The summed E-state index contributed by atoms with van der Waals surface area (Å²) in [6.45, 7) is 6.48. The molecule has 0 bridgehead atoms. The van der Waals surface area contributed by atoms with Crippen LogP contribution >= 0.6 is 0 Å². The minimum atomic E-state index is -0.179. The van der Waals surface area contributed by atoms with E-state index in [1.807, 2.05) is 57.2 Å². The molecule has 132 valence electrons. The van der Waals surface area contributed by atoms with Gasteiger partial charge in [0.1, 0.15) is 5.75 Å². The molecule has 5 heteroatoms. The first-order valence-electron chi connectivity index (χ1n) is 8.41. The average molecular weight is 340 g/mol. The van der Waals surface area contributed by atoms with Crippen molar-refractivity contribution in [1.29, 1.82) is 0 Å². The summed E-state index contributed by atoms with van der Waals surface area (Å²) < 4.78 is 5.48. The summed E-state index contributed by atoms with van der Waals surface area (Å²) in [5.74, 6) is 0.313. The summed E-state index contributed by atoms with van der Waals surface area (Å²) in [6, 6.07) is 14.6. The Kier molecular flexibility index (Phi) is 6.57. The largest absolute Gasteiger partial charge is 0.493 e. The number of carbonyl (C=O) groups excluding carboxylic acids is 2. The van der Waals surface area contributed by atoms with Gasteiger partial charge >= 0.3 is 0 Å². The van der Waals surface area contributed by atoms with Crippen molar-refractivity contribution in [2.24, 2.45) is 5.92 Å². The molecule has 2 N–H and O–H groups in total. The van der Waals surface area contributed by atoms with Crippen LogP contribution in [0.2, 0.25) is 0 Å². The lowest BCUT2D eigenvalue weighted by molar-refractivity contribution is -0.118. The molecule has 25 heavy (non-hydrogen) atoms. The Bertz CT molecular complexity index is 724. The molecule has 2 aromatic carbocycles. The Morgan fingerprint density at radius 3 is 2.36 bits per heavy atom. The van der Waals surface area contributed by atoms with Crippen LogP contribution in [-0.4, -0.2) is 18.4 Å². The molecule has 2 amide bonds. The number of benzene rings is 2. The highest BCUT2D eigenvalue weighted by Crippen LogP contribution is 2.18. The fourth-order valence-corrected chi connectivity index (χ4v) is 2.21. The van der Waals surface area contributed by atoms with E-state index in [-0.39, 0.29) is 17.7 Å². The van der Waals surface area contributed by atoms with Crippen molar-refractivity contribution in [2.75, 3.05) is 11.9 Å². The Balaban J connectivity index is 1.95. The van der Waals surface area contributed by atoms with Gasteiger partial charge in [-0.2, -0.15) is 0 Å². The van der Waals surface area contributed by atoms with Gasteiger partial charge in [-0.15, -0.1) is 0 Å². The number of carbonyl (C=O) groups is 2. The number of nitrogens with one attached hydrogen (secondary N) is 2. The van der Waals surface area contributed by atoms with E-state index in [1.54, 1.807) is 12.1 Å². The van der Waals surface area contributed by atoms with Crippen molar-refractivity contribution in [3.63, 3.8) is 0 Å². The topological polar surface area (TPSA) is 67.4 Å². The maximum absolute atomic E-state index is 12.4. The molecule has 0 radical (unpaired) electrons. The van der Waals surface area contributed by atoms with Crippen molar-refractivity contribution in [2.45, 2.75) is 27.3 Å². The molecule has 2 aromatic rings. The van der Waals surface area contributed by atoms with Gasteiger partial charge in [0.2, 0.25) is 5.91 Å². The summed E-state index contributed by atoms with van der Waals surface area (Å²) in [5.41, 5.74) is 2.21. The minimum Gasteiger partial charge on any atom is -0.493 e. The Labute approximate surface area is 148 Å². The van der Waals surface area contributed by atoms with E-state index in [2.05, 4.69) is 10.6 Å². The molecule has 0 aliphatic heterocycles. The van der Waals surface area contributed by atoms with E-state index in [1.165, 1.54) is 0 Å². The molecule has 0 aliphatic rings. The monoisotopic (exact) mass is 340 g/mol.